The Morgan fingerprint density at radius 3 is 2.42 bits per heavy atom. The van der Waals surface area contributed by atoms with Crippen LogP contribution in [-0.4, -0.2) is 25.0 Å². The van der Waals surface area contributed by atoms with Crippen LogP contribution in [0.25, 0.3) is 0 Å². The summed E-state index contributed by atoms with van der Waals surface area (Å²) < 4.78 is 93.1. The molecule has 1 aromatic rings. The van der Waals surface area contributed by atoms with E-state index in [0.717, 1.165) is 0 Å². The Bertz CT molecular complexity index is 821. The summed E-state index contributed by atoms with van der Waals surface area (Å²) in [7, 11) is 2.87. The second kappa shape index (κ2) is 5.85. The maximum absolute atomic E-state index is 9.28. The molecule has 0 heterocycles. The van der Waals surface area contributed by atoms with Gasteiger partial charge in [0.2, 0.25) is 0 Å². The number of hydrogen-bond acceptors (Lipinski definition) is 1. The van der Waals surface area contributed by atoms with E-state index in [1.807, 2.05) is 0 Å². The summed E-state index contributed by atoms with van der Waals surface area (Å²) in [5.41, 5.74) is -3.36. The number of rotatable bonds is 5. The fourth-order valence-corrected chi connectivity index (χ4v) is 2.24. The van der Waals surface area contributed by atoms with E-state index in [-0.39, 0.29) is 12.3 Å². The molecule has 1 saturated carbocycles. The van der Waals surface area contributed by atoms with Crippen LogP contribution < -0.4 is 0 Å². The van der Waals surface area contributed by atoms with Crippen molar-refractivity contribution in [3.63, 3.8) is 0 Å². The molecule has 1 aromatic carbocycles. The lowest BCUT2D eigenvalue weighted by Crippen LogP contribution is -2.52. The van der Waals surface area contributed by atoms with Crippen LogP contribution >= 0.6 is 11.6 Å². The maximum Gasteiger partial charge on any atom is 0.0639 e. The lowest BCUT2D eigenvalue weighted by atomic mass is 9.58. The summed E-state index contributed by atoms with van der Waals surface area (Å²) >= 11 is 5.90. The molecule has 1 unspecified atom stereocenters. The van der Waals surface area contributed by atoms with E-state index in [2.05, 4.69) is 0 Å². The molecular weight excluding hydrogens is 254 g/mol. The first-order valence-electron chi connectivity index (χ1n) is 11.7. The van der Waals surface area contributed by atoms with Crippen molar-refractivity contribution in [3.05, 3.63) is 34.8 Å². The Morgan fingerprint density at radius 2 is 1.95 bits per heavy atom. The highest BCUT2D eigenvalue weighted by Gasteiger charge is 2.46. The van der Waals surface area contributed by atoms with Crippen LogP contribution in [0.3, 0.4) is 0 Å². The molecule has 0 amide bonds. The lowest BCUT2D eigenvalue weighted by Gasteiger charge is -2.51. The quantitative estimate of drug-likeness (QED) is 0.757. The van der Waals surface area contributed by atoms with Crippen LogP contribution in [0.5, 0.6) is 0 Å². The van der Waals surface area contributed by atoms with Crippen molar-refractivity contribution in [2.24, 2.45) is 5.92 Å². The Labute approximate surface area is 138 Å². The van der Waals surface area contributed by atoms with Crippen molar-refractivity contribution < 1.29 is 15.1 Å². The lowest BCUT2D eigenvalue weighted by molar-refractivity contribution is 0.0808. The smallest absolute Gasteiger partial charge is 0.0639 e. The van der Waals surface area contributed by atoms with Gasteiger partial charge in [-0.1, -0.05) is 43.9 Å². The largest absolute Gasteiger partial charge is 0.306 e. The molecule has 0 aromatic heterocycles. The summed E-state index contributed by atoms with van der Waals surface area (Å²) in [6.07, 6.45) is -9.25. The summed E-state index contributed by atoms with van der Waals surface area (Å²) in [6.45, 7) is 3.49. The highest BCUT2D eigenvalue weighted by molar-refractivity contribution is 6.30. The van der Waals surface area contributed by atoms with E-state index in [1.54, 1.807) is 13.8 Å². The standard InChI is InChI=1S/C17H26ClN/c1-13(2)12-16(19(3)4)17(10-5-11-17)14-6-8-15(18)9-7-14/h6-9,13,16H,5,10-12H2,1-4H3/i5D2,6D,7D,8D,9D,10D2,11D2,16D. The van der Waals surface area contributed by atoms with E-state index in [4.69, 9.17) is 25.3 Å². The Hall–Kier alpha value is -0.530. The van der Waals surface area contributed by atoms with Gasteiger partial charge in [0.05, 0.1) is 5.48 Å². The first-order valence-corrected chi connectivity index (χ1v) is 6.60. The maximum atomic E-state index is 9.28. The Morgan fingerprint density at radius 1 is 1.37 bits per heavy atom. The van der Waals surface area contributed by atoms with E-state index < -0.39 is 65.3 Å². The van der Waals surface area contributed by atoms with E-state index in [1.165, 1.54) is 19.0 Å². The van der Waals surface area contributed by atoms with Gasteiger partial charge in [-0.3, -0.25) is 0 Å². The molecule has 0 spiro atoms. The molecule has 1 aliphatic carbocycles. The van der Waals surface area contributed by atoms with Crippen molar-refractivity contribution >= 4 is 11.6 Å². The molecule has 106 valence electrons. The van der Waals surface area contributed by atoms with Crippen molar-refractivity contribution in [2.45, 2.75) is 50.8 Å². The van der Waals surface area contributed by atoms with Crippen molar-refractivity contribution in [1.29, 1.82) is 0 Å². The van der Waals surface area contributed by atoms with Crippen LogP contribution in [0.2, 0.25) is 5.02 Å². The van der Waals surface area contributed by atoms with Gasteiger partial charge in [0.25, 0.3) is 0 Å². The first kappa shape index (κ1) is 6.07. The van der Waals surface area contributed by atoms with E-state index in [9.17, 15) is 1.37 Å². The zero-order valence-electron chi connectivity index (χ0n) is 22.6. The third-order valence-corrected chi connectivity index (χ3v) is 3.23. The summed E-state index contributed by atoms with van der Waals surface area (Å²) in [4.78, 5) is 1.26. The van der Waals surface area contributed by atoms with Crippen LogP contribution in [0.1, 0.15) is 60.0 Å². The molecule has 0 N–H and O–H groups in total. The van der Waals surface area contributed by atoms with Crippen molar-refractivity contribution in [1.82, 2.24) is 4.90 Å². The Kier molecular flexibility index (Phi) is 1.87. The third kappa shape index (κ3) is 2.98. The molecule has 1 aliphatic rings. The molecular formula is C17H26ClN. The van der Waals surface area contributed by atoms with Gasteiger partial charge in [0, 0.05) is 26.1 Å². The first-order chi connectivity index (χ1) is 13.3. The van der Waals surface area contributed by atoms with Crippen molar-refractivity contribution in [2.75, 3.05) is 14.1 Å². The summed E-state index contributed by atoms with van der Waals surface area (Å²) in [5, 5.41) is -0.503. The number of hydrogen-bond donors (Lipinski definition) is 0. The predicted octanol–water partition coefficient (Wildman–Crippen LogP) is 4.74. The van der Waals surface area contributed by atoms with Crippen LogP contribution in [-0.2, 0) is 5.41 Å². The number of halogens is 1. The molecule has 0 radical (unpaired) electrons. The molecule has 0 bridgehead atoms. The fourth-order valence-electron chi connectivity index (χ4n) is 2.14. The van der Waals surface area contributed by atoms with Crippen molar-refractivity contribution in [3.8, 4) is 0 Å². The van der Waals surface area contributed by atoms with E-state index in [0.29, 0.717) is 0 Å². The highest BCUT2D eigenvalue weighted by atomic mass is 35.5. The highest BCUT2D eigenvalue weighted by Crippen LogP contribution is 2.49. The second-order valence-corrected chi connectivity index (χ2v) is 5.63. The Balaban J connectivity index is 3.19. The van der Waals surface area contributed by atoms with Crippen LogP contribution in [0, 0.1) is 5.92 Å². The number of nitrogens with zero attached hydrogens (tertiary/aromatic N) is 1. The molecule has 19 heavy (non-hydrogen) atoms. The molecule has 0 aliphatic heterocycles. The molecule has 0 saturated heterocycles. The van der Waals surface area contributed by atoms with Gasteiger partial charge in [0.1, 0.15) is 0 Å². The van der Waals surface area contributed by atoms with Gasteiger partial charge in [-0.05, 0) is 56.8 Å². The second-order valence-electron chi connectivity index (χ2n) is 5.25. The number of benzene rings is 1. The average Bonchev–Trinajstić information content (AvgIpc) is 2.59. The summed E-state index contributed by atoms with van der Waals surface area (Å²) in [6, 6.07) is -5.07. The average molecular weight is 291 g/mol. The number of likely N-dealkylation sites (N-methyl/N-ethyl adjacent to an activating group) is 1. The molecule has 2 rings (SSSR count). The molecule has 2 heteroatoms. The predicted molar refractivity (Wildman–Crippen MR) is 83.9 cm³/mol. The topological polar surface area (TPSA) is 3.24 Å². The minimum atomic E-state index is -3.05. The van der Waals surface area contributed by atoms with Gasteiger partial charge >= 0.3 is 0 Å². The van der Waals surface area contributed by atoms with Crippen LogP contribution in [0.15, 0.2) is 24.2 Å². The van der Waals surface area contributed by atoms with Gasteiger partial charge in [0.15, 0.2) is 0 Å². The molecule has 1 fully saturated rings. The fraction of sp³-hybridized carbons (Fsp3) is 0.647. The zero-order chi connectivity index (χ0) is 23.8. The third-order valence-electron chi connectivity index (χ3n) is 3.04. The molecule has 1 nitrogen and oxygen atoms in total. The SMILES string of the molecule is [2H]c1c([2H])c(C2(C([2H])(CC(C)C)N(C)C)C([2H])([2H])C([2H])([2H])C2([2H])[2H])c([2H])c([2H])c1Cl. The van der Waals surface area contributed by atoms with Gasteiger partial charge < -0.3 is 4.90 Å². The van der Waals surface area contributed by atoms with E-state index >= 15 is 0 Å². The van der Waals surface area contributed by atoms with Gasteiger partial charge in [-0.15, -0.1) is 0 Å². The van der Waals surface area contributed by atoms with Gasteiger partial charge in [-0.2, -0.15) is 0 Å². The van der Waals surface area contributed by atoms with Crippen LogP contribution in [0.4, 0.5) is 0 Å². The normalized spacial score (nSPS) is 37.5. The summed E-state index contributed by atoms with van der Waals surface area (Å²) in [5.74, 6) is -0.249. The minimum Gasteiger partial charge on any atom is -0.306 e. The zero-order valence-corrected chi connectivity index (χ0v) is 12.4. The molecule has 1 atom stereocenters. The minimum absolute atomic E-state index is 0.114. The monoisotopic (exact) mass is 290 g/mol. The van der Waals surface area contributed by atoms with Gasteiger partial charge in [-0.25, -0.2) is 0 Å².